The molecular formula is C15H19N3O3. The van der Waals surface area contributed by atoms with Crippen LogP contribution in [0.15, 0.2) is 18.2 Å². The van der Waals surface area contributed by atoms with Crippen LogP contribution in [-0.2, 0) is 11.8 Å². The van der Waals surface area contributed by atoms with Gasteiger partial charge in [0.1, 0.15) is 11.4 Å². The van der Waals surface area contributed by atoms with E-state index < -0.39 is 5.97 Å². The molecule has 2 rings (SSSR count). The van der Waals surface area contributed by atoms with Crippen molar-refractivity contribution in [2.24, 2.45) is 7.05 Å². The largest absolute Gasteiger partial charge is 0.462 e. The summed E-state index contributed by atoms with van der Waals surface area (Å²) in [6.07, 6.45) is 0. The standard InChI is InChI=1S/C15H19N3O3/c1-5-20-15(19)12-8-11(6-7-13(12)16)21-14-9(2)17-18(4)10(14)3/h6-8H,5,16H2,1-4H3. The number of benzene rings is 1. The fraction of sp³-hybridized carbons (Fsp3) is 0.333. The first-order valence-electron chi connectivity index (χ1n) is 6.68. The van der Waals surface area contributed by atoms with E-state index in [-0.39, 0.29) is 0 Å². The lowest BCUT2D eigenvalue weighted by Crippen LogP contribution is -2.08. The normalized spacial score (nSPS) is 10.5. The number of nitrogens with zero attached hydrogens (tertiary/aromatic N) is 2. The Hall–Kier alpha value is -2.50. The minimum Gasteiger partial charge on any atom is -0.462 e. The van der Waals surface area contributed by atoms with Gasteiger partial charge in [-0.1, -0.05) is 0 Å². The molecule has 0 aliphatic carbocycles. The van der Waals surface area contributed by atoms with E-state index in [1.807, 2.05) is 20.9 Å². The molecule has 1 aromatic heterocycles. The van der Waals surface area contributed by atoms with Gasteiger partial charge in [-0.25, -0.2) is 4.79 Å². The van der Waals surface area contributed by atoms with E-state index in [9.17, 15) is 4.79 Å². The van der Waals surface area contributed by atoms with Crippen LogP contribution >= 0.6 is 0 Å². The maximum Gasteiger partial charge on any atom is 0.340 e. The summed E-state index contributed by atoms with van der Waals surface area (Å²) in [5.74, 6) is 0.739. The third-order valence-electron chi connectivity index (χ3n) is 3.18. The van der Waals surface area contributed by atoms with Crippen molar-refractivity contribution in [2.45, 2.75) is 20.8 Å². The Morgan fingerprint density at radius 1 is 1.38 bits per heavy atom. The van der Waals surface area contributed by atoms with Gasteiger partial charge in [-0.2, -0.15) is 5.10 Å². The zero-order chi connectivity index (χ0) is 15.6. The van der Waals surface area contributed by atoms with Crippen molar-refractivity contribution in [3.63, 3.8) is 0 Å². The van der Waals surface area contributed by atoms with Crippen LogP contribution in [0.25, 0.3) is 0 Å². The first-order chi connectivity index (χ1) is 9.93. The quantitative estimate of drug-likeness (QED) is 0.691. The molecule has 2 N–H and O–H groups in total. The van der Waals surface area contributed by atoms with E-state index in [1.165, 1.54) is 0 Å². The fourth-order valence-corrected chi connectivity index (χ4v) is 2.00. The fourth-order valence-electron chi connectivity index (χ4n) is 2.00. The Balaban J connectivity index is 2.33. The van der Waals surface area contributed by atoms with Gasteiger partial charge in [0.15, 0.2) is 5.75 Å². The zero-order valence-electron chi connectivity index (χ0n) is 12.6. The number of anilines is 1. The number of aryl methyl sites for hydroxylation is 2. The maximum atomic E-state index is 11.8. The molecule has 0 unspecified atom stereocenters. The van der Waals surface area contributed by atoms with E-state index in [0.29, 0.717) is 29.4 Å². The number of rotatable bonds is 4. The molecule has 2 aromatic rings. The molecule has 0 radical (unpaired) electrons. The van der Waals surface area contributed by atoms with Crippen LogP contribution in [0.5, 0.6) is 11.5 Å². The Bertz CT molecular complexity index is 677. The molecule has 6 nitrogen and oxygen atoms in total. The van der Waals surface area contributed by atoms with Crippen molar-refractivity contribution < 1.29 is 14.3 Å². The second-order valence-corrected chi connectivity index (χ2v) is 4.70. The van der Waals surface area contributed by atoms with Crippen LogP contribution in [-0.4, -0.2) is 22.4 Å². The SMILES string of the molecule is CCOC(=O)c1cc(Oc2c(C)nn(C)c2C)ccc1N. The smallest absolute Gasteiger partial charge is 0.340 e. The highest BCUT2D eigenvalue weighted by Crippen LogP contribution is 2.30. The maximum absolute atomic E-state index is 11.8. The highest BCUT2D eigenvalue weighted by atomic mass is 16.5. The average Bonchev–Trinajstić information content (AvgIpc) is 2.67. The third-order valence-corrected chi connectivity index (χ3v) is 3.18. The van der Waals surface area contributed by atoms with Crippen molar-refractivity contribution in [3.05, 3.63) is 35.2 Å². The van der Waals surface area contributed by atoms with Gasteiger partial charge in [0.25, 0.3) is 0 Å². The van der Waals surface area contributed by atoms with Crippen LogP contribution in [0.3, 0.4) is 0 Å². The molecule has 112 valence electrons. The molecule has 1 heterocycles. The van der Waals surface area contributed by atoms with Gasteiger partial charge < -0.3 is 15.2 Å². The average molecular weight is 289 g/mol. The molecule has 0 aliphatic rings. The summed E-state index contributed by atoms with van der Waals surface area (Å²) >= 11 is 0. The van der Waals surface area contributed by atoms with Gasteiger partial charge in [0, 0.05) is 12.7 Å². The summed E-state index contributed by atoms with van der Waals surface area (Å²) in [5.41, 5.74) is 8.15. The van der Waals surface area contributed by atoms with Gasteiger partial charge in [-0.05, 0) is 39.0 Å². The predicted molar refractivity (Wildman–Crippen MR) is 79.6 cm³/mol. The number of carbonyl (C=O) groups is 1. The van der Waals surface area contributed by atoms with E-state index in [2.05, 4.69) is 5.10 Å². The third kappa shape index (κ3) is 2.99. The van der Waals surface area contributed by atoms with Crippen LogP contribution in [0, 0.1) is 13.8 Å². The summed E-state index contributed by atoms with van der Waals surface area (Å²) in [6, 6.07) is 4.92. The van der Waals surface area contributed by atoms with Crippen LogP contribution in [0.1, 0.15) is 28.7 Å². The van der Waals surface area contributed by atoms with Crippen LogP contribution in [0.4, 0.5) is 5.69 Å². The minimum absolute atomic E-state index is 0.296. The molecule has 21 heavy (non-hydrogen) atoms. The molecule has 0 amide bonds. The van der Waals surface area contributed by atoms with Crippen molar-refractivity contribution >= 4 is 11.7 Å². The van der Waals surface area contributed by atoms with Gasteiger partial charge in [0.2, 0.25) is 0 Å². The number of hydrogen-bond acceptors (Lipinski definition) is 5. The molecule has 0 aliphatic heterocycles. The Kier molecular flexibility index (Phi) is 4.16. The topological polar surface area (TPSA) is 79.4 Å². The number of hydrogen-bond donors (Lipinski definition) is 1. The highest BCUT2D eigenvalue weighted by molar-refractivity contribution is 5.95. The molecule has 0 atom stereocenters. The Morgan fingerprint density at radius 2 is 2.10 bits per heavy atom. The van der Waals surface area contributed by atoms with Crippen LogP contribution in [0.2, 0.25) is 0 Å². The second kappa shape index (κ2) is 5.87. The number of nitrogen functional groups attached to an aromatic ring is 1. The Morgan fingerprint density at radius 3 is 2.67 bits per heavy atom. The summed E-state index contributed by atoms with van der Waals surface area (Å²) in [7, 11) is 1.85. The summed E-state index contributed by atoms with van der Waals surface area (Å²) in [5, 5.41) is 4.29. The number of carbonyl (C=O) groups excluding carboxylic acids is 1. The number of ether oxygens (including phenoxy) is 2. The monoisotopic (exact) mass is 289 g/mol. The van der Waals surface area contributed by atoms with E-state index in [1.54, 1.807) is 29.8 Å². The van der Waals surface area contributed by atoms with Crippen LogP contribution < -0.4 is 10.5 Å². The summed E-state index contributed by atoms with van der Waals surface area (Å²) in [4.78, 5) is 11.8. The van der Waals surface area contributed by atoms with Gasteiger partial charge in [-0.15, -0.1) is 0 Å². The van der Waals surface area contributed by atoms with Gasteiger partial charge in [-0.3, -0.25) is 4.68 Å². The molecular weight excluding hydrogens is 270 g/mol. The van der Waals surface area contributed by atoms with E-state index >= 15 is 0 Å². The van der Waals surface area contributed by atoms with E-state index in [4.69, 9.17) is 15.2 Å². The van der Waals surface area contributed by atoms with Gasteiger partial charge >= 0.3 is 5.97 Å². The van der Waals surface area contributed by atoms with Gasteiger partial charge in [0.05, 0.1) is 17.9 Å². The lowest BCUT2D eigenvalue weighted by molar-refractivity contribution is 0.0527. The second-order valence-electron chi connectivity index (χ2n) is 4.70. The minimum atomic E-state index is -0.458. The molecule has 0 fully saturated rings. The first-order valence-corrected chi connectivity index (χ1v) is 6.68. The van der Waals surface area contributed by atoms with Crippen molar-refractivity contribution in [1.82, 2.24) is 9.78 Å². The van der Waals surface area contributed by atoms with E-state index in [0.717, 1.165) is 11.4 Å². The summed E-state index contributed by atoms with van der Waals surface area (Å²) in [6.45, 7) is 5.83. The molecule has 0 saturated heterocycles. The van der Waals surface area contributed by atoms with Crippen molar-refractivity contribution in [3.8, 4) is 11.5 Å². The number of nitrogens with two attached hydrogens (primary N) is 1. The lowest BCUT2D eigenvalue weighted by Gasteiger charge is -2.10. The molecule has 1 aromatic carbocycles. The lowest BCUT2D eigenvalue weighted by atomic mass is 10.1. The summed E-state index contributed by atoms with van der Waals surface area (Å²) < 4.78 is 12.6. The van der Waals surface area contributed by atoms with Crippen molar-refractivity contribution in [1.29, 1.82) is 0 Å². The van der Waals surface area contributed by atoms with Crippen molar-refractivity contribution in [2.75, 3.05) is 12.3 Å². The molecule has 6 heteroatoms. The Labute approximate surface area is 123 Å². The highest BCUT2D eigenvalue weighted by Gasteiger charge is 2.15. The molecule has 0 spiro atoms. The molecule has 0 bridgehead atoms. The number of aromatic nitrogens is 2. The molecule has 0 saturated carbocycles. The predicted octanol–water partition coefficient (Wildman–Crippen LogP) is 2.59. The zero-order valence-corrected chi connectivity index (χ0v) is 12.6. The number of esters is 1. The first kappa shape index (κ1) is 14.9.